The van der Waals surface area contributed by atoms with Crippen molar-refractivity contribution in [3.05, 3.63) is 75.6 Å². The van der Waals surface area contributed by atoms with E-state index in [9.17, 15) is 14.4 Å². The number of benzene rings is 1. The highest BCUT2D eigenvalue weighted by molar-refractivity contribution is 5.66. The van der Waals surface area contributed by atoms with Gasteiger partial charge in [-0.3, -0.25) is 4.79 Å². The number of para-hydroxylation sites is 1. The van der Waals surface area contributed by atoms with Crippen LogP contribution in [0.2, 0.25) is 0 Å². The fourth-order valence-corrected chi connectivity index (χ4v) is 11.3. The molecular weight excluding hydrogens is 562 g/mol. The molecule has 4 aliphatic carbocycles. The molecule has 2 spiro atoms. The van der Waals surface area contributed by atoms with Crippen molar-refractivity contribution in [1.29, 1.82) is 0 Å². The largest absolute Gasteiger partial charge is 0.462 e. The van der Waals surface area contributed by atoms with E-state index in [4.69, 9.17) is 4.74 Å². The van der Waals surface area contributed by atoms with E-state index in [0.717, 1.165) is 38.5 Å². The lowest BCUT2D eigenvalue weighted by Crippen LogP contribution is -2.76. The van der Waals surface area contributed by atoms with Crippen LogP contribution in [0.25, 0.3) is 5.69 Å². The lowest BCUT2D eigenvalue weighted by molar-refractivity contribution is -0.204. The molecule has 8 rings (SSSR count). The molecule has 0 saturated heterocycles. The maximum atomic E-state index is 14.8. The first kappa shape index (κ1) is 30.6. The van der Waals surface area contributed by atoms with Gasteiger partial charge in [-0.1, -0.05) is 84.0 Å². The molecule has 45 heavy (non-hydrogen) atoms. The molecule has 10 atom stereocenters. The van der Waals surface area contributed by atoms with Gasteiger partial charge < -0.3 is 4.74 Å². The van der Waals surface area contributed by atoms with Gasteiger partial charge in [-0.05, 0) is 91.6 Å². The fourth-order valence-electron chi connectivity index (χ4n) is 11.3. The molecule has 2 aliphatic heterocycles. The summed E-state index contributed by atoms with van der Waals surface area (Å²) in [5.74, 6) is 2.24. The van der Waals surface area contributed by atoms with Gasteiger partial charge in [0.05, 0.1) is 16.8 Å². The summed E-state index contributed by atoms with van der Waals surface area (Å²) in [6, 6.07) is 9.37. The van der Waals surface area contributed by atoms with Crippen LogP contribution in [-0.4, -0.2) is 26.0 Å². The Bertz CT molecular complexity index is 1680. The van der Waals surface area contributed by atoms with Crippen LogP contribution in [0.5, 0.6) is 0 Å². The molecule has 0 amide bonds. The number of esters is 1. The van der Waals surface area contributed by atoms with Gasteiger partial charge >= 0.3 is 17.3 Å². The van der Waals surface area contributed by atoms with E-state index in [1.165, 1.54) is 11.5 Å². The Morgan fingerprint density at radius 3 is 2.29 bits per heavy atom. The van der Waals surface area contributed by atoms with Gasteiger partial charge in [0.25, 0.3) is 0 Å². The summed E-state index contributed by atoms with van der Waals surface area (Å²) in [7, 11) is 0. The maximum Gasteiger partial charge on any atom is 0.352 e. The number of carbonyl (C=O) groups is 1. The van der Waals surface area contributed by atoms with Gasteiger partial charge in [0.1, 0.15) is 6.10 Å². The first-order valence-corrected chi connectivity index (χ1v) is 17.4. The fraction of sp³-hybridized carbons (Fsp3) is 0.658. The van der Waals surface area contributed by atoms with Crippen molar-refractivity contribution in [1.82, 2.24) is 13.9 Å². The highest BCUT2D eigenvalue weighted by atomic mass is 16.5. The van der Waals surface area contributed by atoms with Crippen LogP contribution in [-0.2, 0) is 20.6 Å². The molecule has 1 aromatic heterocycles. The molecule has 3 heterocycles. The Morgan fingerprint density at radius 1 is 0.889 bits per heavy atom. The minimum Gasteiger partial charge on any atom is -0.462 e. The van der Waals surface area contributed by atoms with Gasteiger partial charge in [0, 0.05) is 18.8 Å². The molecular formula is C38H51N3O4. The zero-order valence-electron chi connectivity index (χ0n) is 28.2. The zero-order chi connectivity index (χ0) is 32.1. The predicted molar refractivity (Wildman–Crippen MR) is 176 cm³/mol. The summed E-state index contributed by atoms with van der Waals surface area (Å²) in [4.78, 5) is 41.7. The number of rotatable bonds is 6. The first-order chi connectivity index (χ1) is 21.3. The highest BCUT2D eigenvalue weighted by Crippen LogP contribution is 2.74. The molecule has 7 nitrogen and oxygen atoms in total. The monoisotopic (exact) mass is 613 g/mol. The van der Waals surface area contributed by atoms with Crippen molar-refractivity contribution in [2.24, 2.45) is 46.3 Å². The minimum absolute atomic E-state index is 0.0312. The number of ether oxygens (including phenoxy) is 1. The van der Waals surface area contributed by atoms with Crippen molar-refractivity contribution < 1.29 is 9.53 Å². The lowest BCUT2D eigenvalue weighted by atomic mass is 9.40. The first-order valence-electron chi connectivity index (χ1n) is 17.4. The molecule has 0 radical (unpaired) electrons. The molecule has 242 valence electrons. The molecule has 6 aliphatic rings. The van der Waals surface area contributed by atoms with E-state index in [1.807, 2.05) is 39.7 Å². The van der Waals surface area contributed by atoms with Crippen LogP contribution < -0.4 is 11.4 Å². The van der Waals surface area contributed by atoms with Gasteiger partial charge in [-0.25, -0.2) is 23.5 Å². The van der Waals surface area contributed by atoms with Crippen LogP contribution in [0.1, 0.15) is 93.4 Å². The molecule has 3 saturated carbocycles. The summed E-state index contributed by atoms with van der Waals surface area (Å²) in [6.45, 7) is 15.6. The summed E-state index contributed by atoms with van der Waals surface area (Å²) < 4.78 is 11.0. The SMILES string of the molecule is CC(=O)O[C@H]1CC[C@]2(C)C3CC[C@]4(C)[C@@H]([C@H](C)/C=C/[C@H](C)C(C)C)CC[C@H]4[C@@]34C=C[C@]2(C1)n1c(=O)n(-c2ccccc2)c(=O)n14. The van der Waals surface area contributed by atoms with Gasteiger partial charge in [0.2, 0.25) is 0 Å². The van der Waals surface area contributed by atoms with Crippen LogP contribution in [0.15, 0.2) is 64.2 Å². The molecule has 2 bridgehead atoms. The van der Waals surface area contributed by atoms with Crippen LogP contribution in [0, 0.1) is 46.3 Å². The Morgan fingerprint density at radius 2 is 1.60 bits per heavy atom. The Hall–Kier alpha value is -3.09. The van der Waals surface area contributed by atoms with E-state index in [0.29, 0.717) is 35.8 Å². The zero-order valence-corrected chi connectivity index (χ0v) is 28.2. The van der Waals surface area contributed by atoms with E-state index in [2.05, 4.69) is 65.8 Å². The predicted octanol–water partition coefficient (Wildman–Crippen LogP) is 6.82. The second kappa shape index (κ2) is 10.2. The van der Waals surface area contributed by atoms with E-state index in [-0.39, 0.29) is 46.1 Å². The number of hydrogen-bond acceptors (Lipinski definition) is 4. The van der Waals surface area contributed by atoms with Crippen molar-refractivity contribution in [3.8, 4) is 5.69 Å². The van der Waals surface area contributed by atoms with Crippen LogP contribution in [0.3, 0.4) is 0 Å². The Balaban J connectivity index is 1.42. The quantitative estimate of drug-likeness (QED) is 0.265. The number of nitrogens with zero attached hydrogens (tertiary/aromatic N) is 3. The maximum absolute atomic E-state index is 14.8. The molecule has 7 heteroatoms. The van der Waals surface area contributed by atoms with Crippen molar-refractivity contribution in [3.63, 3.8) is 0 Å². The lowest BCUT2D eigenvalue weighted by Gasteiger charge is -2.71. The Kier molecular flexibility index (Phi) is 6.93. The average molecular weight is 614 g/mol. The normalized spacial score (nSPS) is 39.3. The van der Waals surface area contributed by atoms with Gasteiger partial charge in [0.15, 0.2) is 0 Å². The van der Waals surface area contributed by atoms with E-state index >= 15 is 0 Å². The van der Waals surface area contributed by atoms with Crippen molar-refractivity contribution >= 4 is 5.97 Å². The second-order valence-electron chi connectivity index (χ2n) is 16.1. The third-order valence-electron chi connectivity index (χ3n) is 13.8. The van der Waals surface area contributed by atoms with E-state index < -0.39 is 11.1 Å². The number of hydrogen-bond donors (Lipinski definition) is 0. The average Bonchev–Trinajstić information content (AvgIpc) is 3.50. The molecule has 0 N–H and O–H groups in total. The molecule has 1 aromatic carbocycles. The number of fused-ring (bicyclic) bond motifs is 1. The van der Waals surface area contributed by atoms with Crippen LogP contribution in [0.4, 0.5) is 0 Å². The minimum atomic E-state index is -0.747. The van der Waals surface area contributed by atoms with Gasteiger partial charge in [-0.15, -0.1) is 0 Å². The molecule has 3 fully saturated rings. The molecule has 2 aromatic rings. The third-order valence-corrected chi connectivity index (χ3v) is 13.8. The molecule has 1 unspecified atom stereocenters. The second-order valence-corrected chi connectivity index (χ2v) is 16.1. The smallest absolute Gasteiger partial charge is 0.352 e. The Labute approximate surface area is 267 Å². The van der Waals surface area contributed by atoms with Crippen LogP contribution >= 0.6 is 0 Å². The summed E-state index contributed by atoms with van der Waals surface area (Å²) in [5.41, 5.74) is -1.49. The summed E-state index contributed by atoms with van der Waals surface area (Å²) in [6.07, 6.45) is 15.6. The third kappa shape index (κ3) is 3.91. The van der Waals surface area contributed by atoms with Gasteiger partial charge in [-0.2, -0.15) is 0 Å². The number of carbonyl (C=O) groups excluding carboxylic acids is 1. The summed E-state index contributed by atoms with van der Waals surface area (Å²) >= 11 is 0. The number of aromatic nitrogens is 3. The summed E-state index contributed by atoms with van der Waals surface area (Å²) in [5, 5.41) is 0. The van der Waals surface area contributed by atoms with Crippen molar-refractivity contribution in [2.75, 3.05) is 0 Å². The van der Waals surface area contributed by atoms with Crippen molar-refractivity contribution in [2.45, 2.75) is 111 Å². The highest BCUT2D eigenvalue weighted by Gasteiger charge is 2.75. The topological polar surface area (TPSA) is 75.2 Å². The number of allylic oxidation sites excluding steroid dienone is 4. The van der Waals surface area contributed by atoms with E-state index in [1.54, 1.807) is 0 Å². The standard InChI is InChI=1S/C38H51N3O4/c1-24(2)25(3)13-14-26(4)30-15-16-31-35(30,6)19-18-32-36(7)20-17-29(45-27(5)42)23-37(36)21-22-38(31,32)41-34(44)39(33(43)40(37)41)28-11-9-8-10-12-28/h8-14,21-22,24-26,29-32H,15-20,23H2,1-7H3/b14-13+/t25-,26+,29-,30+,31+,32?,35+,36+,37+,38-/m0/s1.